The van der Waals surface area contributed by atoms with Gasteiger partial charge in [-0.25, -0.2) is 14.5 Å². The summed E-state index contributed by atoms with van der Waals surface area (Å²) >= 11 is 1.47. The zero-order valence-electron chi connectivity index (χ0n) is 17.4. The Labute approximate surface area is 179 Å². The second-order valence-corrected chi connectivity index (χ2v) is 7.24. The van der Waals surface area contributed by atoms with E-state index in [9.17, 15) is 4.79 Å². The summed E-state index contributed by atoms with van der Waals surface area (Å²) in [5, 5.41) is 10.4. The Balaban J connectivity index is 1.85. The minimum Gasteiger partial charge on any atom is -0.497 e. The van der Waals surface area contributed by atoms with Crippen LogP contribution in [0.4, 0.5) is 0 Å². The molecule has 0 atom stereocenters. The number of carbonyl (C=O) groups is 1. The minimum atomic E-state index is -0.385. The van der Waals surface area contributed by atoms with Crippen LogP contribution >= 0.6 is 11.3 Å². The smallest absolute Gasteiger partial charge is 0.341 e. The van der Waals surface area contributed by atoms with Gasteiger partial charge in [0.05, 0.1) is 31.3 Å². The maximum atomic E-state index is 12.4. The zero-order valence-corrected chi connectivity index (χ0v) is 18.2. The number of esters is 1. The lowest BCUT2D eigenvalue weighted by Gasteiger charge is -2.09. The Kier molecular flexibility index (Phi) is 7.95. The van der Waals surface area contributed by atoms with E-state index in [0.717, 1.165) is 35.7 Å². The van der Waals surface area contributed by atoms with Crippen LogP contribution in [0.1, 0.15) is 29.4 Å². The number of hydrogen-bond acceptors (Lipinski definition) is 8. The van der Waals surface area contributed by atoms with Gasteiger partial charge in [0.15, 0.2) is 0 Å². The molecule has 3 aromatic rings. The summed E-state index contributed by atoms with van der Waals surface area (Å²) in [7, 11) is 3.32. The molecule has 0 radical (unpaired) electrons. The molecule has 160 valence electrons. The first-order valence-corrected chi connectivity index (χ1v) is 10.6. The Morgan fingerprint density at radius 3 is 2.73 bits per heavy atom. The molecule has 0 spiro atoms. The highest BCUT2D eigenvalue weighted by Crippen LogP contribution is 2.27. The summed E-state index contributed by atoms with van der Waals surface area (Å²) in [6, 6.07) is 7.72. The Morgan fingerprint density at radius 2 is 2.03 bits per heavy atom. The highest BCUT2D eigenvalue weighted by atomic mass is 32.1. The molecule has 0 aliphatic rings. The number of rotatable bonds is 11. The second-order valence-electron chi connectivity index (χ2n) is 6.40. The molecular formula is C21H26N4O4S. The maximum absolute atomic E-state index is 12.4. The van der Waals surface area contributed by atoms with Crippen LogP contribution in [-0.2, 0) is 16.0 Å². The van der Waals surface area contributed by atoms with Gasteiger partial charge in [-0.2, -0.15) is 5.10 Å². The number of benzene rings is 1. The van der Waals surface area contributed by atoms with E-state index >= 15 is 0 Å². The molecule has 8 nitrogen and oxygen atoms in total. The summed E-state index contributed by atoms with van der Waals surface area (Å²) in [5.41, 5.74) is 2.99. The number of ether oxygens (including phenoxy) is 3. The van der Waals surface area contributed by atoms with Crippen molar-refractivity contribution in [3.8, 4) is 22.1 Å². The lowest BCUT2D eigenvalue weighted by atomic mass is 10.2. The highest BCUT2D eigenvalue weighted by molar-refractivity contribution is 7.12. The molecule has 0 fully saturated rings. The molecule has 1 N–H and O–H groups in total. The number of thiazole rings is 1. The van der Waals surface area contributed by atoms with E-state index in [-0.39, 0.29) is 5.97 Å². The summed E-state index contributed by atoms with van der Waals surface area (Å²) < 4.78 is 17.2. The van der Waals surface area contributed by atoms with Gasteiger partial charge in [-0.3, -0.25) is 0 Å². The fourth-order valence-electron chi connectivity index (χ4n) is 2.89. The van der Waals surface area contributed by atoms with E-state index in [1.54, 1.807) is 32.0 Å². The summed E-state index contributed by atoms with van der Waals surface area (Å²) in [4.78, 5) is 17.1. The highest BCUT2D eigenvalue weighted by Gasteiger charge is 2.21. The molecule has 2 heterocycles. The van der Waals surface area contributed by atoms with Gasteiger partial charge in [0.2, 0.25) is 5.13 Å². The lowest BCUT2D eigenvalue weighted by molar-refractivity contribution is 0.0525. The van der Waals surface area contributed by atoms with Crippen LogP contribution in [0.5, 0.6) is 5.75 Å². The van der Waals surface area contributed by atoms with E-state index in [1.807, 2.05) is 29.6 Å². The molecule has 1 aromatic carbocycles. The predicted octanol–water partition coefficient (Wildman–Crippen LogP) is 3.31. The summed E-state index contributed by atoms with van der Waals surface area (Å²) in [5.74, 6) is 0.409. The number of aromatic nitrogens is 3. The molecule has 2 aromatic heterocycles. The Morgan fingerprint density at radius 1 is 1.23 bits per heavy atom. The largest absolute Gasteiger partial charge is 0.497 e. The van der Waals surface area contributed by atoms with Crippen molar-refractivity contribution >= 4 is 17.3 Å². The van der Waals surface area contributed by atoms with Crippen molar-refractivity contribution in [2.45, 2.75) is 19.9 Å². The van der Waals surface area contributed by atoms with Gasteiger partial charge in [-0.15, -0.1) is 11.3 Å². The van der Waals surface area contributed by atoms with Crippen molar-refractivity contribution in [1.29, 1.82) is 0 Å². The van der Waals surface area contributed by atoms with E-state index in [1.165, 1.54) is 11.3 Å². The molecule has 0 saturated carbocycles. The lowest BCUT2D eigenvalue weighted by Crippen LogP contribution is -2.20. The minimum absolute atomic E-state index is 0.309. The molecule has 0 amide bonds. The van der Waals surface area contributed by atoms with Crippen molar-refractivity contribution in [2.75, 3.05) is 34.0 Å². The van der Waals surface area contributed by atoms with Crippen LogP contribution in [-0.4, -0.2) is 54.7 Å². The average molecular weight is 431 g/mol. The number of carbonyl (C=O) groups excluding carboxylic acids is 1. The molecular weight excluding hydrogens is 404 g/mol. The molecule has 0 aliphatic heterocycles. The van der Waals surface area contributed by atoms with Crippen LogP contribution < -0.4 is 10.1 Å². The SMILES string of the molecule is CCOC(=O)c1cnn(-c2nc(-c3ccc(OC)cc3)cs2)c1CNCCCOC. The van der Waals surface area contributed by atoms with Crippen LogP contribution in [0.25, 0.3) is 16.4 Å². The molecule has 3 rings (SSSR count). The molecule has 0 saturated heterocycles. The Bertz CT molecular complexity index is 952. The number of methoxy groups -OCH3 is 2. The normalized spacial score (nSPS) is 10.9. The molecule has 0 unspecified atom stereocenters. The van der Waals surface area contributed by atoms with E-state index in [2.05, 4.69) is 10.4 Å². The van der Waals surface area contributed by atoms with Gasteiger partial charge in [-0.05, 0) is 44.2 Å². The second kappa shape index (κ2) is 10.9. The van der Waals surface area contributed by atoms with Crippen molar-refractivity contribution in [1.82, 2.24) is 20.1 Å². The summed E-state index contributed by atoms with van der Waals surface area (Å²) in [6.45, 7) is 4.00. The number of nitrogens with zero attached hydrogens (tertiary/aromatic N) is 3. The standard InChI is InChI=1S/C21H26N4O4S/c1-4-29-20(26)17-12-23-25(19(17)13-22-10-5-11-27-2)21-24-18(14-30-21)15-6-8-16(28-3)9-7-15/h6-9,12,14,22H,4-5,10-11,13H2,1-3H3. The van der Waals surface area contributed by atoms with Crippen LogP contribution in [0.2, 0.25) is 0 Å². The van der Waals surface area contributed by atoms with Gasteiger partial charge < -0.3 is 19.5 Å². The van der Waals surface area contributed by atoms with Crippen molar-refractivity contribution in [3.63, 3.8) is 0 Å². The zero-order chi connectivity index (χ0) is 21.3. The third-order valence-electron chi connectivity index (χ3n) is 4.42. The first-order valence-electron chi connectivity index (χ1n) is 9.72. The van der Waals surface area contributed by atoms with Crippen molar-refractivity contribution in [3.05, 3.63) is 47.1 Å². The first-order chi connectivity index (χ1) is 14.7. The average Bonchev–Trinajstić information content (AvgIpc) is 3.41. The topological polar surface area (TPSA) is 87.5 Å². The van der Waals surface area contributed by atoms with Crippen molar-refractivity contribution in [2.24, 2.45) is 0 Å². The predicted molar refractivity (Wildman–Crippen MR) is 115 cm³/mol. The fraction of sp³-hybridized carbons (Fsp3) is 0.381. The van der Waals surface area contributed by atoms with Gasteiger partial charge in [0, 0.05) is 31.2 Å². The van der Waals surface area contributed by atoms with E-state index < -0.39 is 0 Å². The monoisotopic (exact) mass is 430 g/mol. The van der Waals surface area contributed by atoms with Crippen molar-refractivity contribution < 1.29 is 19.0 Å². The van der Waals surface area contributed by atoms with Crippen LogP contribution in [0, 0.1) is 0 Å². The third-order valence-corrected chi connectivity index (χ3v) is 5.23. The van der Waals surface area contributed by atoms with Gasteiger partial charge in [0.1, 0.15) is 11.3 Å². The summed E-state index contributed by atoms with van der Waals surface area (Å²) in [6.07, 6.45) is 2.41. The van der Waals surface area contributed by atoms with E-state index in [0.29, 0.717) is 30.5 Å². The van der Waals surface area contributed by atoms with Crippen LogP contribution in [0.3, 0.4) is 0 Å². The third kappa shape index (κ3) is 5.24. The molecule has 30 heavy (non-hydrogen) atoms. The van der Waals surface area contributed by atoms with Gasteiger partial charge in [-0.1, -0.05) is 0 Å². The molecule has 0 bridgehead atoms. The molecule has 0 aliphatic carbocycles. The fourth-order valence-corrected chi connectivity index (χ4v) is 3.71. The molecule has 9 heteroatoms. The number of hydrogen-bond donors (Lipinski definition) is 1. The Hall–Kier alpha value is -2.75. The van der Waals surface area contributed by atoms with Crippen LogP contribution in [0.15, 0.2) is 35.8 Å². The van der Waals surface area contributed by atoms with Gasteiger partial charge >= 0.3 is 5.97 Å². The van der Waals surface area contributed by atoms with E-state index in [4.69, 9.17) is 19.2 Å². The quantitative estimate of drug-likeness (QED) is 0.369. The maximum Gasteiger partial charge on any atom is 0.341 e. The first kappa shape index (κ1) is 21.9. The number of nitrogens with one attached hydrogen (secondary N) is 1. The van der Waals surface area contributed by atoms with Gasteiger partial charge in [0.25, 0.3) is 0 Å².